The second-order valence-corrected chi connectivity index (χ2v) is 17.8. The Labute approximate surface area is 85.2 Å². The second kappa shape index (κ2) is 4.71. The zero-order valence-corrected chi connectivity index (χ0v) is 11.4. The fraction of sp³-hybridized carbons (Fsp3) is 0.333. The van der Waals surface area contributed by atoms with Crippen molar-refractivity contribution in [1.82, 2.24) is 0 Å². The van der Waals surface area contributed by atoms with E-state index in [2.05, 4.69) is 48.9 Å². The van der Waals surface area contributed by atoms with Gasteiger partial charge in [0.15, 0.2) is 0 Å². The second-order valence-electron chi connectivity index (χ2n) is 4.21. The molecular weight excluding hydrogens is 263 g/mol. The molecule has 0 heterocycles. The minimum atomic E-state index is -1.83. The maximum absolute atomic E-state index is 3.43. The van der Waals surface area contributed by atoms with Crippen LogP contribution in [0.5, 0.6) is 0 Å². The van der Waals surface area contributed by atoms with Gasteiger partial charge in [0.2, 0.25) is 0 Å². The molecule has 0 aromatic heterocycles. The van der Waals surface area contributed by atoms with Crippen molar-refractivity contribution in [3.05, 3.63) is 35.9 Å². The molecule has 0 aliphatic rings. The molecule has 0 bridgehead atoms. The van der Waals surface area contributed by atoms with Crippen LogP contribution in [0.1, 0.15) is 5.56 Å². The molecule has 1 heteroatoms. The summed E-state index contributed by atoms with van der Waals surface area (Å²) in [7, 11) is 0. The predicted octanol–water partition coefficient (Wildman–Crippen LogP) is 3.11. The molecule has 0 nitrogen and oxygen atoms in total. The summed E-state index contributed by atoms with van der Waals surface area (Å²) in [6.07, 6.45) is 0.912. The molecule has 68 valence electrons. The first kappa shape index (κ1) is 10.7. The first-order valence-corrected chi connectivity index (χ1v) is 14.6. The molecule has 0 saturated carbocycles. The Kier molecular flexibility index (Phi) is 3.87. The zero-order valence-electron chi connectivity index (χ0n) is 8.59. The van der Waals surface area contributed by atoms with Gasteiger partial charge < -0.3 is 0 Å². The molecule has 0 fully saturated rings. The van der Waals surface area contributed by atoms with Crippen LogP contribution in [0.2, 0.25) is 14.8 Å². The summed E-state index contributed by atoms with van der Waals surface area (Å²) in [6, 6.07) is 10.4. The van der Waals surface area contributed by atoms with E-state index in [1.165, 1.54) is 5.56 Å². The van der Waals surface area contributed by atoms with Gasteiger partial charge in [0.1, 0.15) is 0 Å². The molecule has 0 N–H and O–H groups in total. The molecule has 1 aromatic carbocycles. The normalized spacial score (nSPS) is 10.4. The van der Waals surface area contributed by atoms with Crippen LogP contribution in [0.4, 0.5) is 0 Å². The van der Waals surface area contributed by atoms with Crippen molar-refractivity contribution >= 4 is 18.4 Å². The molecule has 1 rings (SSSR count). The van der Waals surface area contributed by atoms with E-state index in [4.69, 9.17) is 0 Å². The standard InChI is InChI=1S/C9H7.3CH3.Sn/c1-2-6-9-7-4-3-5-8-9;;;;/h3-5,7-8H,6H2;3*1H3;. The third-order valence-corrected chi connectivity index (χ3v) is 4.24. The number of hydrogen-bond acceptors (Lipinski definition) is 0. The summed E-state index contributed by atoms with van der Waals surface area (Å²) in [5, 5.41) is 0. The molecule has 0 aliphatic carbocycles. The van der Waals surface area contributed by atoms with Crippen LogP contribution in [-0.4, -0.2) is 18.4 Å². The quantitative estimate of drug-likeness (QED) is 0.547. The summed E-state index contributed by atoms with van der Waals surface area (Å²) in [4.78, 5) is 7.02. The van der Waals surface area contributed by atoms with Gasteiger partial charge in [-0.15, -0.1) is 0 Å². The summed E-state index contributed by atoms with van der Waals surface area (Å²) < 4.78 is 3.43. The van der Waals surface area contributed by atoms with E-state index in [-0.39, 0.29) is 0 Å². The first-order chi connectivity index (χ1) is 6.08. The van der Waals surface area contributed by atoms with Gasteiger partial charge in [0, 0.05) is 0 Å². The molecule has 0 aliphatic heterocycles. The van der Waals surface area contributed by atoms with Crippen LogP contribution in [0.25, 0.3) is 0 Å². The van der Waals surface area contributed by atoms with Gasteiger partial charge in [-0.3, -0.25) is 0 Å². The van der Waals surface area contributed by atoms with Crippen molar-refractivity contribution in [3.63, 3.8) is 0 Å². The fourth-order valence-electron chi connectivity index (χ4n) is 1.01. The molecule has 13 heavy (non-hydrogen) atoms. The van der Waals surface area contributed by atoms with E-state index in [0.29, 0.717) is 0 Å². The van der Waals surface area contributed by atoms with Gasteiger partial charge in [-0.1, -0.05) is 0 Å². The van der Waals surface area contributed by atoms with Gasteiger partial charge in [0.25, 0.3) is 0 Å². The Morgan fingerprint density at radius 2 is 1.69 bits per heavy atom. The predicted molar refractivity (Wildman–Crippen MR) is 61.3 cm³/mol. The SMILES string of the molecule is [CH3][Sn]([CH3])([CH3])[C]#CCc1ccccc1. The van der Waals surface area contributed by atoms with Crippen molar-refractivity contribution in [1.29, 1.82) is 0 Å². The van der Waals surface area contributed by atoms with Crippen LogP contribution < -0.4 is 0 Å². The summed E-state index contributed by atoms with van der Waals surface area (Å²) in [5.41, 5.74) is 1.32. The molecule has 0 spiro atoms. The zero-order chi connectivity index (χ0) is 9.73. The van der Waals surface area contributed by atoms with Crippen LogP contribution >= 0.6 is 0 Å². The molecular formula is C12H16Sn. The van der Waals surface area contributed by atoms with Crippen LogP contribution in [-0.2, 0) is 6.42 Å². The van der Waals surface area contributed by atoms with E-state index in [1.807, 2.05) is 6.07 Å². The number of hydrogen-bond donors (Lipinski definition) is 0. The van der Waals surface area contributed by atoms with Crippen molar-refractivity contribution in [2.45, 2.75) is 21.2 Å². The molecule has 0 atom stereocenters. The summed E-state index contributed by atoms with van der Waals surface area (Å²) in [6.45, 7) is 0. The minimum absolute atomic E-state index is 0.912. The summed E-state index contributed by atoms with van der Waals surface area (Å²) >= 11 is -1.83. The molecule has 0 amide bonds. The first-order valence-electron chi connectivity index (χ1n) is 4.62. The average molecular weight is 279 g/mol. The van der Waals surface area contributed by atoms with Crippen molar-refractivity contribution in [3.8, 4) is 9.86 Å². The maximum atomic E-state index is 3.43. The Morgan fingerprint density at radius 3 is 2.23 bits per heavy atom. The third kappa shape index (κ3) is 5.00. The van der Waals surface area contributed by atoms with E-state index in [1.54, 1.807) is 0 Å². The molecule has 0 unspecified atom stereocenters. The Bertz CT molecular complexity index is 308. The van der Waals surface area contributed by atoms with E-state index < -0.39 is 18.4 Å². The Morgan fingerprint density at radius 1 is 1.08 bits per heavy atom. The van der Waals surface area contributed by atoms with Crippen molar-refractivity contribution in [2.75, 3.05) is 0 Å². The van der Waals surface area contributed by atoms with E-state index in [9.17, 15) is 0 Å². The number of rotatable bonds is 1. The Balaban J connectivity index is 2.56. The van der Waals surface area contributed by atoms with Crippen LogP contribution in [0.3, 0.4) is 0 Å². The molecule has 0 radical (unpaired) electrons. The fourth-order valence-corrected chi connectivity index (χ4v) is 2.77. The van der Waals surface area contributed by atoms with E-state index in [0.717, 1.165) is 6.42 Å². The van der Waals surface area contributed by atoms with Gasteiger partial charge in [0.05, 0.1) is 0 Å². The monoisotopic (exact) mass is 280 g/mol. The van der Waals surface area contributed by atoms with E-state index >= 15 is 0 Å². The molecule has 0 saturated heterocycles. The van der Waals surface area contributed by atoms with Crippen LogP contribution in [0.15, 0.2) is 30.3 Å². The Hall–Kier alpha value is -0.421. The van der Waals surface area contributed by atoms with Crippen molar-refractivity contribution < 1.29 is 0 Å². The molecule has 1 aromatic rings. The average Bonchev–Trinajstić information content (AvgIpc) is 2.04. The number of benzene rings is 1. The third-order valence-electron chi connectivity index (χ3n) is 1.60. The van der Waals surface area contributed by atoms with Crippen molar-refractivity contribution in [2.24, 2.45) is 0 Å². The van der Waals surface area contributed by atoms with Gasteiger partial charge in [-0.25, -0.2) is 0 Å². The van der Waals surface area contributed by atoms with Crippen LogP contribution in [0, 0.1) is 9.86 Å². The van der Waals surface area contributed by atoms with Gasteiger partial charge in [-0.2, -0.15) is 0 Å². The van der Waals surface area contributed by atoms with Gasteiger partial charge >= 0.3 is 85.4 Å². The van der Waals surface area contributed by atoms with Gasteiger partial charge in [-0.05, 0) is 0 Å². The summed E-state index contributed by atoms with van der Waals surface area (Å²) in [5.74, 6) is 3.28. The topological polar surface area (TPSA) is 0 Å².